The molecule has 0 heterocycles. The monoisotopic (exact) mass is 218 g/mol. The van der Waals surface area contributed by atoms with Crippen LogP contribution >= 0.6 is 0 Å². The number of hydrogen-bond acceptors (Lipinski definition) is 6. The molecule has 15 heavy (non-hydrogen) atoms. The van der Waals surface area contributed by atoms with Crippen LogP contribution in [0, 0.1) is 0 Å². The average molecular weight is 218 g/mol. The van der Waals surface area contributed by atoms with Crippen LogP contribution in [0.3, 0.4) is 0 Å². The van der Waals surface area contributed by atoms with E-state index in [1.807, 2.05) is 0 Å². The molecule has 0 saturated heterocycles. The standard InChI is InChI=1S/C8H14N2O5/c1-13-2-3-14-7(11)4-6(9)5-15-8(10)12/h4H,2-3,5,9H2,1H3,(H2,10,12)/b6-4-. The quantitative estimate of drug-likeness (QED) is 0.339. The van der Waals surface area contributed by atoms with Crippen molar-refractivity contribution in [3.8, 4) is 0 Å². The Morgan fingerprint density at radius 1 is 1.20 bits per heavy atom. The van der Waals surface area contributed by atoms with Gasteiger partial charge in [0.05, 0.1) is 12.3 Å². The summed E-state index contributed by atoms with van der Waals surface area (Å²) >= 11 is 0. The van der Waals surface area contributed by atoms with Gasteiger partial charge in [-0.25, -0.2) is 9.59 Å². The van der Waals surface area contributed by atoms with Crippen molar-refractivity contribution in [1.82, 2.24) is 0 Å². The van der Waals surface area contributed by atoms with Crippen molar-refractivity contribution in [1.29, 1.82) is 0 Å². The summed E-state index contributed by atoms with van der Waals surface area (Å²) in [6, 6.07) is 0. The smallest absolute Gasteiger partial charge is 0.404 e. The number of methoxy groups -OCH3 is 1. The van der Waals surface area contributed by atoms with Gasteiger partial charge >= 0.3 is 12.1 Å². The Labute approximate surface area is 86.9 Å². The Balaban J connectivity index is 3.79. The van der Waals surface area contributed by atoms with Crippen LogP contribution in [0.25, 0.3) is 0 Å². The third kappa shape index (κ3) is 8.57. The zero-order chi connectivity index (χ0) is 11.7. The van der Waals surface area contributed by atoms with Crippen LogP contribution in [-0.4, -0.2) is 39.0 Å². The number of carbonyl (C=O) groups excluding carboxylic acids is 2. The van der Waals surface area contributed by atoms with Gasteiger partial charge in [-0.2, -0.15) is 0 Å². The summed E-state index contributed by atoms with van der Waals surface area (Å²) in [5, 5.41) is 0. The van der Waals surface area contributed by atoms with Crippen LogP contribution < -0.4 is 11.5 Å². The highest BCUT2D eigenvalue weighted by Gasteiger charge is 2.01. The van der Waals surface area contributed by atoms with Gasteiger partial charge in [0, 0.05) is 13.2 Å². The number of amides is 1. The van der Waals surface area contributed by atoms with E-state index < -0.39 is 12.1 Å². The minimum absolute atomic E-state index is 0.0521. The van der Waals surface area contributed by atoms with Crippen LogP contribution in [0.1, 0.15) is 0 Å². The Hall–Kier alpha value is -1.76. The number of nitrogens with two attached hydrogens (primary N) is 2. The molecule has 0 aliphatic rings. The topological polar surface area (TPSA) is 114 Å². The maximum Gasteiger partial charge on any atom is 0.404 e. The van der Waals surface area contributed by atoms with Crippen molar-refractivity contribution in [3.63, 3.8) is 0 Å². The zero-order valence-electron chi connectivity index (χ0n) is 8.39. The highest BCUT2D eigenvalue weighted by Crippen LogP contribution is 1.89. The molecule has 0 aliphatic heterocycles. The summed E-state index contributed by atoms with van der Waals surface area (Å²) in [5.74, 6) is -0.627. The second kappa shape index (κ2) is 7.63. The first-order chi connectivity index (χ1) is 7.06. The van der Waals surface area contributed by atoms with Gasteiger partial charge in [0.15, 0.2) is 0 Å². The summed E-state index contributed by atoms with van der Waals surface area (Å²) in [6.45, 7) is 0.196. The molecule has 86 valence electrons. The minimum Gasteiger partial charge on any atom is -0.460 e. The highest BCUT2D eigenvalue weighted by molar-refractivity contribution is 5.82. The molecule has 0 aliphatic carbocycles. The first kappa shape index (κ1) is 13.2. The molecule has 0 rings (SSSR count). The lowest BCUT2D eigenvalue weighted by molar-refractivity contribution is -0.139. The molecule has 7 nitrogen and oxygen atoms in total. The summed E-state index contributed by atoms with van der Waals surface area (Å²) in [6.07, 6.45) is 0.0533. The van der Waals surface area contributed by atoms with Crippen LogP contribution in [0.15, 0.2) is 11.8 Å². The lowest BCUT2D eigenvalue weighted by atomic mass is 10.4. The predicted molar refractivity (Wildman–Crippen MR) is 50.6 cm³/mol. The van der Waals surface area contributed by atoms with Crippen molar-refractivity contribution in [2.75, 3.05) is 26.9 Å². The van der Waals surface area contributed by atoms with Crippen molar-refractivity contribution in [2.45, 2.75) is 0 Å². The molecule has 0 aromatic heterocycles. The Kier molecular flexibility index (Phi) is 6.73. The van der Waals surface area contributed by atoms with Gasteiger partial charge in [-0.3, -0.25) is 0 Å². The fourth-order valence-corrected chi connectivity index (χ4v) is 0.615. The minimum atomic E-state index is -0.959. The van der Waals surface area contributed by atoms with Gasteiger partial charge in [-0.05, 0) is 0 Å². The number of carbonyl (C=O) groups is 2. The molecular weight excluding hydrogens is 204 g/mol. The van der Waals surface area contributed by atoms with E-state index in [2.05, 4.69) is 14.2 Å². The van der Waals surface area contributed by atoms with E-state index in [0.29, 0.717) is 6.61 Å². The molecule has 0 aromatic rings. The maximum absolute atomic E-state index is 11.0. The van der Waals surface area contributed by atoms with E-state index in [0.717, 1.165) is 6.08 Å². The fourth-order valence-electron chi connectivity index (χ4n) is 0.615. The second-order valence-electron chi connectivity index (χ2n) is 2.49. The number of rotatable bonds is 6. The van der Waals surface area contributed by atoms with Gasteiger partial charge in [0.1, 0.15) is 13.2 Å². The molecule has 0 radical (unpaired) electrons. The van der Waals surface area contributed by atoms with E-state index >= 15 is 0 Å². The molecule has 7 heteroatoms. The zero-order valence-corrected chi connectivity index (χ0v) is 8.39. The molecule has 0 atom stereocenters. The van der Waals surface area contributed by atoms with Crippen LogP contribution in [0.4, 0.5) is 4.79 Å². The van der Waals surface area contributed by atoms with Crippen molar-refractivity contribution < 1.29 is 23.8 Å². The molecule has 0 bridgehead atoms. The summed E-state index contributed by atoms with van der Waals surface area (Å²) < 4.78 is 13.7. The molecule has 0 unspecified atom stereocenters. The number of hydrogen-bond donors (Lipinski definition) is 2. The van der Waals surface area contributed by atoms with Crippen molar-refractivity contribution >= 4 is 12.1 Å². The second-order valence-corrected chi connectivity index (χ2v) is 2.49. The lowest BCUT2D eigenvalue weighted by Gasteiger charge is -2.03. The van der Waals surface area contributed by atoms with E-state index in [1.54, 1.807) is 0 Å². The molecule has 1 amide bonds. The highest BCUT2D eigenvalue weighted by atomic mass is 16.6. The maximum atomic E-state index is 11.0. The molecule has 0 saturated carbocycles. The molecule has 4 N–H and O–H groups in total. The molecule has 0 spiro atoms. The number of ether oxygens (including phenoxy) is 3. The number of primary amides is 1. The van der Waals surface area contributed by atoms with Gasteiger partial charge in [0.25, 0.3) is 0 Å². The molecule has 0 fully saturated rings. The van der Waals surface area contributed by atoms with E-state index in [-0.39, 0.29) is 18.9 Å². The van der Waals surface area contributed by atoms with Gasteiger partial charge in [-0.15, -0.1) is 0 Å². The Morgan fingerprint density at radius 3 is 2.40 bits per heavy atom. The predicted octanol–water partition coefficient (Wildman–Crippen LogP) is -0.886. The van der Waals surface area contributed by atoms with E-state index in [9.17, 15) is 9.59 Å². The van der Waals surface area contributed by atoms with Crippen LogP contribution in [0.5, 0.6) is 0 Å². The van der Waals surface area contributed by atoms with Gasteiger partial charge in [0.2, 0.25) is 0 Å². The average Bonchev–Trinajstić information content (AvgIpc) is 2.15. The van der Waals surface area contributed by atoms with Gasteiger partial charge in [-0.1, -0.05) is 0 Å². The molecule has 0 aromatic carbocycles. The van der Waals surface area contributed by atoms with E-state index in [1.165, 1.54) is 7.11 Å². The largest absolute Gasteiger partial charge is 0.460 e. The van der Waals surface area contributed by atoms with Crippen LogP contribution in [-0.2, 0) is 19.0 Å². The Bertz CT molecular complexity index is 251. The Morgan fingerprint density at radius 2 is 1.87 bits per heavy atom. The summed E-state index contributed by atoms with van der Waals surface area (Å²) in [5.41, 5.74) is 10.1. The first-order valence-corrected chi connectivity index (χ1v) is 4.10. The first-order valence-electron chi connectivity index (χ1n) is 4.10. The third-order valence-electron chi connectivity index (χ3n) is 1.22. The summed E-state index contributed by atoms with van der Waals surface area (Å²) in [4.78, 5) is 21.2. The van der Waals surface area contributed by atoms with E-state index in [4.69, 9.17) is 11.5 Å². The molecular formula is C8H14N2O5. The van der Waals surface area contributed by atoms with Crippen molar-refractivity contribution in [3.05, 3.63) is 11.8 Å². The number of esters is 1. The summed E-state index contributed by atoms with van der Waals surface area (Å²) in [7, 11) is 1.48. The van der Waals surface area contributed by atoms with Crippen LogP contribution in [0.2, 0.25) is 0 Å². The normalized spacial score (nSPS) is 10.9. The van der Waals surface area contributed by atoms with Crippen molar-refractivity contribution in [2.24, 2.45) is 11.5 Å². The SMILES string of the molecule is COCCOC(=O)/C=C(\N)COC(N)=O. The van der Waals surface area contributed by atoms with Gasteiger partial charge < -0.3 is 25.7 Å². The fraction of sp³-hybridized carbons (Fsp3) is 0.500. The third-order valence-corrected chi connectivity index (χ3v) is 1.22. The lowest BCUT2D eigenvalue weighted by Crippen LogP contribution is -2.18.